The summed E-state index contributed by atoms with van der Waals surface area (Å²) >= 11 is 0. The maximum Gasteiger partial charge on any atom is 0.126 e. The Balaban J connectivity index is 2.92. The Morgan fingerprint density at radius 1 is 1.29 bits per heavy atom. The fraction of sp³-hybridized carbons (Fsp3) is 0.231. The number of aryl methyl sites for hydroxylation is 2. The molecule has 0 atom stereocenters. The molecule has 0 saturated heterocycles. The predicted molar refractivity (Wildman–Crippen MR) is 58.9 cm³/mol. The van der Waals surface area contributed by atoms with Crippen molar-refractivity contribution < 1.29 is 4.39 Å². The Morgan fingerprint density at radius 2 is 2.00 bits per heavy atom. The van der Waals surface area contributed by atoms with Gasteiger partial charge in [-0.05, 0) is 43.0 Å². The zero-order valence-electron chi connectivity index (χ0n) is 8.68. The minimum Gasteiger partial charge on any atom is -0.207 e. The Labute approximate surface area is 84.8 Å². The van der Waals surface area contributed by atoms with Crippen LogP contribution in [0.3, 0.4) is 0 Å². The molecule has 0 nitrogen and oxygen atoms in total. The quantitative estimate of drug-likeness (QED) is 0.637. The van der Waals surface area contributed by atoms with Gasteiger partial charge in [-0.2, -0.15) is 0 Å². The van der Waals surface area contributed by atoms with E-state index < -0.39 is 0 Å². The van der Waals surface area contributed by atoms with E-state index >= 15 is 0 Å². The van der Waals surface area contributed by atoms with Crippen LogP contribution < -0.4 is 0 Å². The molecule has 0 spiro atoms. The van der Waals surface area contributed by atoms with Crippen molar-refractivity contribution in [1.82, 2.24) is 0 Å². The Morgan fingerprint density at radius 3 is 2.64 bits per heavy atom. The Bertz CT molecular complexity index is 362. The smallest absolute Gasteiger partial charge is 0.126 e. The average molecular weight is 190 g/mol. The van der Waals surface area contributed by atoms with Gasteiger partial charge >= 0.3 is 0 Å². The van der Waals surface area contributed by atoms with Crippen molar-refractivity contribution in [1.29, 1.82) is 0 Å². The van der Waals surface area contributed by atoms with Gasteiger partial charge in [0.2, 0.25) is 0 Å². The topological polar surface area (TPSA) is 0 Å². The number of rotatable bonds is 3. The highest BCUT2D eigenvalue weighted by Gasteiger charge is 2.02. The van der Waals surface area contributed by atoms with Crippen molar-refractivity contribution >= 4 is 0 Å². The molecule has 1 heteroatoms. The molecule has 0 radical (unpaired) electrons. The fourth-order valence-electron chi connectivity index (χ4n) is 1.38. The zero-order chi connectivity index (χ0) is 10.6. The van der Waals surface area contributed by atoms with Crippen LogP contribution in [0.4, 0.5) is 4.39 Å². The normalized spacial score (nSPS) is 10.8. The monoisotopic (exact) mass is 190 g/mol. The van der Waals surface area contributed by atoms with Crippen LogP contribution in [0.5, 0.6) is 0 Å². The van der Waals surface area contributed by atoms with Gasteiger partial charge in [0, 0.05) is 0 Å². The van der Waals surface area contributed by atoms with Gasteiger partial charge in [0.15, 0.2) is 0 Å². The average Bonchev–Trinajstić information content (AvgIpc) is 2.14. The fourth-order valence-corrected chi connectivity index (χ4v) is 1.38. The summed E-state index contributed by atoms with van der Waals surface area (Å²) in [4.78, 5) is 0. The molecule has 0 saturated carbocycles. The molecule has 0 heterocycles. The van der Waals surface area contributed by atoms with Crippen molar-refractivity contribution in [2.45, 2.75) is 20.3 Å². The Kier molecular flexibility index (Phi) is 3.63. The third kappa shape index (κ3) is 2.56. The van der Waals surface area contributed by atoms with E-state index in [1.165, 1.54) is 0 Å². The summed E-state index contributed by atoms with van der Waals surface area (Å²) in [6.07, 6.45) is 6.33. The maximum atomic E-state index is 13.2. The summed E-state index contributed by atoms with van der Waals surface area (Å²) in [6.45, 7) is 7.37. The zero-order valence-corrected chi connectivity index (χ0v) is 8.68. The van der Waals surface area contributed by atoms with Crippen LogP contribution in [-0.4, -0.2) is 0 Å². The molecule has 0 bridgehead atoms. The molecule has 74 valence electrons. The Hall–Kier alpha value is -1.37. The minimum atomic E-state index is -0.127. The van der Waals surface area contributed by atoms with Crippen LogP contribution in [0.2, 0.25) is 0 Å². The second-order valence-electron chi connectivity index (χ2n) is 3.40. The summed E-state index contributed by atoms with van der Waals surface area (Å²) in [6, 6.07) is 3.49. The minimum absolute atomic E-state index is 0.127. The summed E-state index contributed by atoms with van der Waals surface area (Å²) in [7, 11) is 0. The van der Waals surface area contributed by atoms with E-state index in [4.69, 9.17) is 0 Å². The van der Waals surface area contributed by atoms with Crippen molar-refractivity contribution in [3.8, 4) is 0 Å². The third-order valence-corrected chi connectivity index (χ3v) is 2.23. The van der Waals surface area contributed by atoms with Crippen molar-refractivity contribution in [3.63, 3.8) is 0 Å². The number of allylic oxidation sites excluding steroid dienone is 3. The number of hydrogen-bond acceptors (Lipinski definition) is 0. The lowest BCUT2D eigenvalue weighted by Crippen LogP contribution is -1.92. The standard InChI is InChI=1S/C13H15F/c1-4-5-6-7-12-9-13(14)11(3)8-10(12)2/h4-6,8-9H,1,7H2,2-3H3/b6-5-. The first-order valence-corrected chi connectivity index (χ1v) is 4.68. The van der Waals surface area contributed by atoms with Crippen LogP contribution in [0.15, 0.2) is 36.9 Å². The maximum absolute atomic E-state index is 13.2. The highest BCUT2D eigenvalue weighted by molar-refractivity contribution is 5.33. The molecule has 1 rings (SSSR count). The van der Waals surface area contributed by atoms with E-state index in [1.54, 1.807) is 19.1 Å². The summed E-state index contributed by atoms with van der Waals surface area (Å²) in [5, 5.41) is 0. The summed E-state index contributed by atoms with van der Waals surface area (Å²) < 4.78 is 13.2. The lowest BCUT2D eigenvalue weighted by Gasteiger charge is -2.05. The molecular weight excluding hydrogens is 175 g/mol. The molecule has 1 aromatic rings. The van der Waals surface area contributed by atoms with E-state index in [1.807, 2.05) is 25.1 Å². The van der Waals surface area contributed by atoms with Crippen molar-refractivity contribution in [3.05, 3.63) is 59.4 Å². The molecule has 0 amide bonds. The van der Waals surface area contributed by atoms with E-state index in [0.29, 0.717) is 5.56 Å². The molecule has 0 aromatic heterocycles. The molecule has 0 aliphatic rings. The molecule has 14 heavy (non-hydrogen) atoms. The van der Waals surface area contributed by atoms with Crippen LogP contribution in [-0.2, 0) is 6.42 Å². The first kappa shape index (κ1) is 10.7. The van der Waals surface area contributed by atoms with Gasteiger partial charge in [-0.1, -0.05) is 30.9 Å². The summed E-state index contributed by atoms with van der Waals surface area (Å²) in [5.74, 6) is -0.127. The molecular formula is C13H15F. The highest BCUT2D eigenvalue weighted by Crippen LogP contribution is 2.15. The SMILES string of the molecule is C=C/C=C\Cc1cc(F)c(C)cc1C. The number of benzene rings is 1. The van der Waals surface area contributed by atoms with Gasteiger partial charge in [0.25, 0.3) is 0 Å². The van der Waals surface area contributed by atoms with E-state index in [2.05, 4.69) is 6.58 Å². The van der Waals surface area contributed by atoms with Crippen LogP contribution >= 0.6 is 0 Å². The van der Waals surface area contributed by atoms with Crippen LogP contribution in [0.25, 0.3) is 0 Å². The predicted octanol–water partition coefficient (Wildman–Crippen LogP) is 3.73. The lowest BCUT2D eigenvalue weighted by atomic mass is 10.0. The highest BCUT2D eigenvalue weighted by atomic mass is 19.1. The molecule has 0 unspecified atom stereocenters. The molecule has 1 aromatic carbocycles. The molecule has 0 N–H and O–H groups in total. The largest absolute Gasteiger partial charge is 0.207 e. The van der Waals surface area contributed by atoms with E-state index in [9.17, 15) is 4.39 Å². The second-order valence-corrected chi connectivity index (χ2v) is 3.40. The van der Waals surface area contributed by atoms with Crippen molar-refractivity contribution in [2.24, 2.45) is 0 Å². The van der Waals surface area contributed by atoms with E-state index in [-0.39, 0.29) is 5.82 Å². The first-order valence-electron chi connectivity index (χ1n) is 4.68. The first-order chi connectivity index (χ1) is 6.65. The van der Waals surface area contributed by atoms with Crippen LogP contribution in [0.1, 0.15) is 16.7 Å². The van der Waals surface area contributed by atoms with Gasteiger partial charge in [-0.3, -0.25) is 0 Å². The van der Waals surface area contributed by atoms with Gasteiger partial charge < -0.3 is 0 Å². The molecule has 0 aliphatic carbocycles. The van der Waals surface area contributed by atoms with Gasteiger partial charge in [0.05, 0.1) is 0 Å². The molecule has 0 aliphatic heterocycles. The van der Waals surface area contributed by atoms with Gasteiger partial charge in [-0.25, -0.2) is 4.39 Å². The lowest BCUT2D eigenvalue weighted by molar-refractivity contribution is 0.616. The van der Waals surface area contributed by atoms with Gasteiger partial charge in [0.1, 0.15) is 5.82 Å². The summed E-state index contributed by atoms with van der Waals surface area (Å²) in [5.41, 5.74) is 2.88. The van der Waals surface area contributed by atoms with Crippen LogP contribution in [0, 0.1) is 19.7 Å². The number of halogens is 1. The second kappa shape index (κ2) is 4.75. The third-order valence-electron chi connectivity index (χ3n) is 2.23. The van der Waals surface area contributed by atoms with Gasteiger partial charge in [-0.15, -0.1) is 0 Å². The molecule has 0 fully saturated rings. The number of hydrogen-bond donors (Lipinski definition) is 0. The van der Waals surface area contributed by atoms with E-state index in [0.717, 1.165) is 17.5 Å². The van der Waals surface area contributed by atoms with Crippen molar-refractivity contribution in [2.75, 3.05) is 0 Å².